The van der Waals surface area contributed by atoms with Gasteiger partial charge in [-0.15, -0.1) is 11.3 Å². The highest BCUT2D eigenvalue weighted by molar-refractivity contribution is 7.12. The lowest BCUT2D eigenvalue weighted by molar-refractivity contribution is -0.123. The maximum atomic E-state index is 11.9. The fourth-order valence-corrected chi connectivity index (χ4v) is 3.39. The largest absolute Gasteiger partial charge is 0.345 e. The van der Waals surface area contributed by atoms with E-state index in [4.69, 9.17) is 0 Å². The van der Waals surface area contributed by atoms with Gasteiger partial charge in [0.2, 0.25) is 11.8 Å². The number of amides is 3. The van der Waals surface area contributed by atoms with Gasteiger partial charge in [-0.1, -0.05) is 12.1 Å². The van der Waals surface area contributed by atoms with E-state index in [0.29, 0.717) is 4.88 Å². The first-order valence-electron chi connectivity index (χ1n) is 8.12. The van der Waals surface area contributed by atoms with Crippen LogP contribution < -0.4 is 16.0 Å². The van der Waals surface area contributed by atoms with Crippen LogP contribution >= 0.6 is 11.3 Å². The van der Waals surface area contributed by atoms with E-state index >= 15 is 0 Å². The van der Waals surface area contributed by atoms with Gasteiger partial charge in [-0.05, 0) is 54.0 Å². The number of anilines is 1. The molecule has 3 amide bonds. The topological polar surface area (TPSA) is 87.3 Å². The van der Waals surface area contributed by atoms with Crippen molar-refractivity contribution in [1.29, 1.82) is 0 Å². The molecule has 130 valence electrons. The lowest BCUT2D eigenvalue weighted by Gasteiger charge is -2.09. The third-order valence-electron chi connectivity index (χ3n) is 3.98. The maximum absolute atomic E-state index is 11.9. The van der Waals surface area contributed by atoms with E-state index in [0.717, 1.165) is 24.9 Å². The van der Waals surface area contributed by atoms with Crippen LogP contribution in [0.5, 0.6) is 0 Å². The van der Waals surface area contributed by atoms with Gasteiger partial charge >= 0.3 is 0 Å². The minimum atomic E-state index is -0.408. The summed E-state index contributed by atoms with van der Waals surface area (Å²) in [4.78, 5) is 35.9. The Bertz CT molecular complexity index is 787. The number of rotatable bonds is 6. The van der Waals surface area contributed by atoms with Crippen LogP contribution in [0.2, 0.25) is 0 Å². The smallest absolute Gasteiger partial charge is 0.261 e. The van der Waals surface area contributed by atoms with Crippen LogP contribution in [-0.4, -0.2) is 30.8 Å². The van der Waals surface area contributed by atoms with E-state index in [9.17, 15) is 14.4 Å². The Labute approximate surface area is 149 Å². The average molecular weight is 357 g/mol. The number of carbonyl (C=O) groups excluding carboxylic acids is 3. The van der Waals surface area contributed by atoms with E-state index in [1.807, 2.05) is 18.2 Å². The highest BCUT2D eigenvalue weighted by atomic mass is 32.1. The molecule has 1 aliphatic rings. The summed E-state index contributed by atoms with van der Waals surface area (Å²) >= 11 is 1.30. The van der Waals surface area contributed by atoms with Crippen molar-refractivity contribution in [3.8, 4) is 0 Å². The molecule has 2 aromatic rings. The van der Waals surface area contributed by atoms with Crippen molar-refractivity contribution < 1.29 is 14.4 Å². The Kier molecular flexibility index (Phi) is 5.45. The van der Waals surface area contributed by atoms with Crippen LogP contribution in [0.3, 0.4) is 0 Å². The molecular weight excluding hydrogens is 338 g/mol. The second-order valence-electron chi connectivity index (χ2n) is 5.82. The zero-order valence-corrected chi connectivity index (χ0v) is 14.4. The zero-order valence-electron chi connectivity index (χ0n) is 13.6. The summed E-state index contributed by atoms with van der Waals surface area (Å²) in [7, 11) is 0. The first-order chi connectivity index (χ1) is 12.1. The molecule has 0 saturated carbocycles. The highest BCUT2D eigenvalue weighted by Crippen LogP contribution is 2.24. The van der Waals surface area contributed by atoms with Crippen molar-refractivity contribution in [2.45, 2.75) is 19.3 Å². The van der Waals surface area contributed by atoms with Gasteiger partial charge in [0.15, 0.2) is 0 Å². The molecule has 1 aromatic carbocycles. The SMILES string of the molecule is O=C(CNC(=O)c1cccs1)NCC(=O)Nc1ccc2c(c1)CCC2. The summed E-state index contributed by atoms with van der Waals surface area (Å²) in [6.45, 7) is -0.298. The lowest BCUT2D eigenvalue weighted by atomic mass is 10.1. The predicted molar refractivity (Wildman–Crippen MR) is 96.8 cm³/mol. The molecule has 0 saturated heterocycles. The molecule has 0 spiro atoms. The molecule has 0 atom stereocenters. The summed E-state index contributed by atoms with van der Waals surface area (Å²) in [5.41, 5.74) is 3.36. The Balaban J connectivity index is 1.39. The predicted octanol–water partition coefficient (Wildman–Crippen LogP) is 1.72. The van der Waals surface area contributed by atoms with Gasteiger partial charge in [-0.3, -0.25) is 14.4 Å². The van der Waals surface area contributed by atoms with Crippen molar-refractivity contribution in [2.24, 2.45) is 0 Å². The summed E-state index contributed by atoms with van der Waals surface area (Å²) in [5, 5.41) is 9.57. The van der Waals surface area contributed by atoms with E-state index in [2.05, 4.69) is 16.0 Å². The second-order valence-corrected chi connectivity index (χ2v) is 6.77. The van der Waals surface area contributed by atoms with Gasteiger partial charge in [0.1, 0.15) is 0 Å². The molecule has 1 heterocycles. The number of carbonyl (C=O) groups is 3. The molecule has 7 heteroatoms. The quantitative estimate of drug-likeness (QED) is 0.736. The summed E-state index contributed by atoms with van der Waals surface area (Å²) in [6.07, 6.45) is 3.29. The molecule has 0 radical (unpaired) electrons. The molecule has 0 fully saturated rings. The number of thiophene rings is 1. The third-order valence-corrected chi connectivity index (χ3v) is 4.85. The molecule has 3 rings (SSSR count). The molecule has 1 aromatic heterocycles. The third kappa shape index (κ3) is 4.67. The molecule has 6 nitrogen and oxygen atoms in total. The van der Waals surface area contributed by atoms with Crippen LogP contribution in [0, 0.1) is 0 Å². The van der Waals surface area contributed by atoms with Crippen molar-refractivity contribution in [3.63, 3.8) is 0 Å². The molecule has 0 bridgehead atoms. The maximum Gasteiger partial charge on any atom is 0.261 e. The number of hydrogen-bond donors (Lipinski definition) is 3. The standard InChI is InChI=1S/C18H19N3O3S/c22-16(10-20-18(24)15-5-2-8-25-15)19-11-17(23)21-14-7-6-12-3-1-4-13(12)9-14/h2,5-9H,1,3-4,10-11H2,(H,19,22)(H,20,24)(H,21,23). The van der Waals surface area contributed by atoms with Crippen LogP contribution in [0.1, 0.15) is 27.2 Å². The van der Waals surface area contributed by atoms with Crippen LogP contribution in [0.25, 0.3) is 0 Å². The number of benzene rings is 1. The Hall–Kier alpha value is -2.67. The minimum Gasteiger partial charge on any atom is -0.345 e. The monoisotopic (exact) mass is 357 g/mol. The summed E-state index contributed by atoms with van der Waals surface area (Å²) < 4.78 is 0. The van der Waals surface area contributed by atoms with Crippen LogP contribution in [-0.2, 0) is 22.4 Å². The Morgan fingerprint density at radius 2 is 1.76 bits per heavy atom. The Morgan fingerprint density at radius 1 is 0.960 bits per heavy atom. The minimum absolute atomic E-state index is 0.134. The highest BCUT2D eigenvalue weighted by Gasteiger charge is 2.13. The molecule has 25 heavy (non-hydrogen) atoms. The molecular formula is C18H19N3O3S. The summed E-state index contributed by atoms with van der Waals surface area (Å²) in [5.74, 6) is -1.00. The van der Waals surface area contributed by atoms with E-state index in [1.54, 1.807) is 17.5 Å². The molecule has 0 unspecified atom stereocenters. The first kappa shape index (κ1) is 17.2. The van der Waals surface area contributed by atoms with Gasteiger partial charge in [-0.2, -0.15) is 0 Å². The van der Waals surface area contributed by atoms with Crippen LogP contribution in [0.15, 0.2) is 35.7 Å². The summed E-state index contributed by atoms with van der Waals surface area (Å²) in [6, 6.07) is 9.36. The lowest BCUT2D eigenvalue weighted by Crippen LogP contribution is -2.40. The van der Waals surface area contributed by atoms with E-state index < -0.39 is 5.91 Å². The van der Waals surface area contributed by atoms with Crippen molar-refractivity contribution in [3.05, 3.63) is 51.7 Å². The Morgan fingerprint density at radius 3 is 2.56 bits per heavy atom. The second kappa shape index (κ2) is 7.94. The molecule has 3 N–H and O–H groups in total. The number of aryl methyl sites for hydroxylation is 2. The number of hydrogen-bond acceptors (Lipinski definition) is 4. The van der Waals surface area contributed by atoms with Crippen molar-refractivity contribution in [2.75, 3.05) is 18.4 Å². The van der Waals surface area contributed by atoms with Gasteiger partial charge < -0.3 is 16.0 Å². The zero-order chi connectivity index (χ0) is 17.6. The van der Waals surface area contributed by atoms with E-state index in [1.165, 1.54) is 22.5 Å². The van der Waals surface area contributed by atoms with Crippen molar-refractivity contribution in [1.82, 2.24) is 10.6 Å². The molecule has 0 aliphatic heterocycles. The van der Waals surface area contributed by atoms with Gasteiger partial charge in [-0.25, -0.2) is 0 Å². The fourth-order valence-electron chi connectivity index (χ4n) is 2.75. The van der Waals surface area contributed by atoms with Crippen LogP contribution in [0.4, 0.5) is 5.69 Å². The number of nitrogens with one attached hydrogen (secondary N) is 3. The number of fused-ring (bicyclic) bond motifs is 1. The van der Waals surface area contributed by atoms with Crippen molar-refractivity contribution >= 4 is 34.7 Å². The average Bonchev–Trinajstić information content (AvgIpc) is 3.28. The normalized spacial score (nSPS) is 12.3. The molecule has 1 aliphatic carbocycles. The van der Waals surface area contributed by atoms with E-state index in [-0.39, 0.29) is 24.9 Å². The van der Waals surface area contributed by atoms with Gasteiger partial charge in [0.25, 0.3) is 5.91 Å². The first-order valence-corrected chi connectivity index (χ1v) is 9.00. The van der Waals surface area contributed by atoms with Gasteiger partial charge in [0, 0.05) is 5.69 Å². The van der Waals surface area contributed by atoms with Gasteiger partial charge in [0.05, 0.1) is 18.0 Å². The fraction of sp³-hybridized carbons (Fsp3) is 0.278.